The molecule has 7 rings (SSSR count). The van der Waals surface area contributed by atoms with Crippen LogP contribution in [0.2, 0.25) is 5.02 Å². The van der Waals surface area contributed by atoms with Crippen LogP contribution in [0.15, 0.2) is 84.4 Å². The molecule has 2 aliphatic carbocycles. The summed E-state index contributed by atoms with van der Waals surface area (Å²) >= 11 is 6.33. The van der Waals surface area contributed by atoms with Crippen molar-refractivity contribution in [2.24, 2.45) is 23.7 Å². The topological polar surface area (TPSA) is 142 Å². The summed E-state index contributed by atoms with van der Waals surface area (Å²) in [5, 5.41) is 21.3. The van der Waals surface area contributed by atoms with E-state index >= 15 is 4.79 Å². The first kappa shape index (κ1) is 30.7. The number of aromatic hydroxyl groups is 1. The number of halogens is 1. The molecule has 2 aliphatic heterocycles. The maximum absolute atomic E-state index is 15.2. The van der Waals surface area contributed by atoms with Gasteiger partial charge < -0.3 is 14.9 Å². The molecule has 11 heteroatoms. The van der Waals surface area contributed by atoms with Crippen molar-refractivity contribution in [1.29, 1.82) is 0 Å². The highest BCUT2D eigenvalue weighted by atomic mass is 35.5. The second kappa shape index (κ2) is 11.4. The van der Waals surface area contributed by atoms with Crippen LogP contribution >= 0.6 is 11.6 Å². The molecule has 0 bridgehead atoms. The molecule has 240 valence electrons. The average molecular weight is 655 g/mol. The predicted molar refractivity (Wildman–Crippen MR) is 170 cm³/mol. The number of amides is 4. The largest absolute Gasteiger partial charge is 0.504 e. The molecule has 2 saturated heterocycles. The van der Waals surface area contributed by atoms with Crippen molar-refractivity contribution >= 4 is 46.9 Å². The number of nitrogens with zero attached hydrogens (tertiary/aromatic N) is 2. The Balaban J connectivity index is 1.48. The van der Waals surface area contributed by atoms with E-state index in [1.807, 2.05) is 12.1 Å². The third kappa shape index (κ3) is 4.41. The van der Waals surface area contributed by atoms with Crippen LogP contribution in [0.1, 0.15) is 36.3 Å². The number of allylic oxidation sites excluding steroid dienone is 2. The number of rotatable bonds is 7. The molecular formula is C36H31ClN2O8. The standard InChI is InChI=1S/C36H31ClN2O8/c1-47-27-12-6-11-24(31(27)42)30-22-13-14-23-29(34(45)38(32(23)43)16-15-28(40)41)25(22)18-26-33(44)39(21-10-5-9-20(37)17-21)35(46)36(26,30)19-7-3-2-4-8-19/h2-13,17,23,25-26,29-30,42H,14-16,18H2,1H3,(H,40,41)/t23-,25+,26-,29-,30+,36+/m0/s1. The Bertz CT molecular complexity index is 1880. The van der Waals surface area contributed by atoms with Gasteiger partial charge in [0.05, 0.1) is 42.4 Å². The molecular weight excluding hydrogens is 624 g/mol. The number of anilines is 1. The number of aliphatic carboxylic acids is 1. The first-order valence-corrected chi connectivity index (χ1v) is 15.8. The minimum absolute atomic E-state index is 0.0799. The number of para-hydroxylation sites is 1. The molecule has 3 aromatic carbocycles. The summed E-state index contributed by atoms with van der Waals surface area (Å²) in [5.41, 5.74) is 0.339. The van der Waals surface area contributed by atoms with Gasteiger partial charge in [-0.2, -0.15) is 0 Å². The number of phenols is 1. The highest BCUT2D eigenvalue weighted by Gasteiger charge is 2.70. The predicted octanol–water partition coefficient (Wildman–Crippen LogP) is 4.69. The van der Waals surface area contributed by atoms with Gasteiger partial charge in [-0.1, -0.05) is 71.8 Å². The number of carboxylic acids is 1. The van der Waals surface area contributed by atoms with E-state index in [0.717, 1.165) is 9.80 Å². The Hall–Kier alpha value is -4.96. The Morgan fingerprint density at radius 2 is 1.70 bits per heavy atom. The van der Waals surface area contributed by atoms with Crippen molar-refractivity contribution in [1.82, 2.24) is 4.90 Å². The summed E-state index contributed by atoms with van der Waals surface area (Å²) in [7, 11) is 1.42. The van der Waals surface area contributed by atoms with E-state index in [9.17, 15) is 29.4 Å². The number of methoxy groups -OCH3 is 1. The van der Waals surface area contributed by atoms with E-state index in [-0.39, 0.29) is 37.3 Å². The number of carbonyl (C=O) groups is 5. The molecule has 3 fully saturated rings. The first-order valence-electron chi connectivity index (χ1n) is 15.4. The third-order valence-electron chi connectivity index (χ3n) is 10.4. The molecule has 0 aromatic heterocycles. The monoisotopic (exact) mass is 654 g/mol. The fraction of sp³-hybridized carbons (Fsp3) is 0.306. The SMILES string of the molecule is COc1cccc([C@H]2C3=CC[C@@H]4C(=O)N(CCC(=O)O)C(=O)[C@@H]4[C@@H]3C[C@H]3C(=O)N(c4cccc(Cl)c4)C(=O)[C@@]23c2ccccc2)c1O. The number of likely N-dealkylation sites (tertiary alicyclic amines) is 1. The summed E-state index contributed by atoms with van der Waals surface area (Å²) in [5.74, 6) is -7.21. The summed E-state index contributed by atoms with van der Waals surface area (Å²) in [6.45, 7) is -0.250. The molecule has 2 heterocycles. The van der Waals surface area contributed by atoms with Gasteiger partial charge in [0.1, 0.15) is 0 Å². The second-order valence-electron chi connectivity index (χ2n) is 12.5. The number of hydrogen-bond acceptors (Lipinski definition) is 7. The average Bonchev–Trinajstić information content (AvgIpc) is 3.44. The lowest BCUT2D eigenvalue weighted by molar-refractivity contribution is -0.142. The van der Waals surface area contributed by atoms with Crippen LogP contribution in [0.25, 0.3) is 0 Å². The van der Waals surface area contributed by atoms with Gasteiger partial charge in [0.15, 0.2) is 11.5 Å². The number of ether oxygens (including phenoxy) is 1. The van der Waals surface area contributed by atoms with Crippen molar-refractivity contribution in [2.45, 2.75) is 30.6 Å². The van der Waals surface area contributed by atoms with E-state index in [1.165, 1.54) is 7.11 Å². The summed E-state index contributed by atoms with van der Waals surface area (Å²) in [4.78, 5) is 70.9. The lowest BCUT2D eigenvalue weighted by atomic mass is 9.49. The Morgan fingerprint density at radius 3 is 2.40 bits per heavy atom. The molecule has 47 heavy (non-hydrogen) atoms. The smallest absolute Gasteiger partial charge is 0.305 e. The van der Waals surface area contributed by atoms with E-state index < -0.39 is 64.6 Å². The van der Waals surface area contributed by atoms with Gasteiger partial charge in [-0.3, -0.25) is 28.9 Å². The van der Waals surface area contributed by atoms with E-state index in [4.69, 9.17) is 16.3 Å². The number of imide groups is 2. The molecule has 0 unspecified atom stereocenters. The molecule has 4 amide bonds. The van der Waals surface area contributed by atoms with Crippen LogP contribution in [0.4, 0.5) is 5.69 Å². The van der Waals surface area contributed by atoms with Crippen molar-refractivity contribution in [3.63, 3.8) is 0 Å². The van der Waals surface area contributed by atoms with Crippen molar-refractivity contribution in [3.05, 3.63) is 101 Å². The van der Waals surface area contributed by atoms with Crippen LogP contribution in [-0.4, -0.2) is 58.4 Å². The quantitative estimate of drug-likeness (QED) is 0.276. The van der Waals surface area contributed by atoms with Crippen LogP contribution in [0, 0.1) is 23.7 Å². The van der Waals surface area contributed by atoms with E-state index in [0.29, 0.717) is 27.4 Å². The van der Waals surface area contributed by atoms with Gasteiger partial charge in [-0.25, -0.2) is 4.90 Å². The molecule has 3 aromatic rings. The molecule has 1 saturated carbocycles. The molecule has 4 aliphatic rings. The van der Waals surface area contributed by atoms with E-state index in [2.05, 4.69) is 0 Å². The van der Waals surface area contributed by atoms with Crippen molar-refractivity contribution < 1.29 is 38.9 Å². The highest BCUT2D eigenvalue weighted by Crippen LogP contribution is 2.65. The van der Waals surface area contributed by atoms with Crippen LogP contribution in [-0.2, 0) is 29.4 Å². The second-order valence-corrected chi connectivity index (χ2v) is 12.9. The Kier molecular flexibility index (Phi) is 7.43. The van der Waals surface area contributed by atoms with Gasteiger partial charge in [-0.05, 0) is 48.6 Å². The Labute approximate surface area is 275 Å². The first-order chi connectivity index (χ1) is 22.6. The summed E-state index contributed by atoms with van der Waals surface area (Å²) < 4.78 is 5.48. The fourth-order valence-electron chi connectivity index (χ4n) is 8.52. The zero-order valence-corrected chi connectivity index (χ0v) is 26.1. The maximum atomic E-state index is 15.2. The highest BCUT2D eigenvalue weighted by molar-refractivity contribution is 6.32. The van der Waals surface area contributed by atoms with Gasteiger partial charge in [0.25, 0.3) is 0 Å². The normalized spacial score (nSPS) is 28.1. The number of hydrogen-bond donors (Lipinski definition) is 2. The zero-order valence-electron chi connectivity index (χ0n) is 25.3. The van der Waals surface area contributed by atoms with Gasteiger partial charge >= 0.3 is 5.97 Å². The molecule has 0 radical (unpaired) electrons. The van der Waals surface area contributed by atoms with Crippen LogP contribution < -0.4 is 9.64 Å². The van der Waals surface area contributed by atoms with Gasteiger partial charge in [0, 0.05) is 23.0 Å². The summed E-state index contributed by atoms with van der Waals surface area (Å²) in [6, 6.07) is 20.5. The maximum Gasteiger partial charge on any atom is 0.305 e. The lowest BCUT2D eigenvalue weighted by Crippen LogP contribution is -2.53. The number of fused-ring (bicyclic) bond motifs is 4. The third-order valence-corrected chi connectivity index (χ3v) is 10.6. The van der Waals surface area contributed by atoms with Gasteiger partial charge in [0.2, 0.25) is 23.6 Å². The molecule has 2 N–H and O–H groups in total. The number of carboxylic acid groups (broad SMARTS) is 1. The van der Waals surface area contributed by atoms with Crippen molar-refractivity contribution in [2.75, 3.05) is 18.6 Å². The van der Waals surface area contributed by atoms with Gasteiger partial charge in [-0.15, -0.1) is 0 Å². The molecule has 6 atom stereocenters. The fourth-order valence-corrected chi connectivity index (χ4v) is 8.70. The minimum Gasteiger partial charge on any atom is -0.504 e. The number of carbonyl (C=O) groups excluding carboxylic acids is 4. The number of phenolic OH excluding ortho intramolecular Hbond substituents is 1. The lowest BCUT2D eigenvalue weighted by Gasteiger charge is -2.50. The van der Waals surface area contributed by atoms with E-state index in [1.54, 1.807) is 66.7 Å². The molecule has 0 spiro atoms. The Morgan fingerprint density at radius 1 is 0.957 bits per heavy atom. The summed E-state index contributed by atoms with van der Waals surface area (Å²) in [6.07, 6.45) is 1.75. The minimum atomic E-state index is -1.55. The van der Waals surface area contributed by atoms with Crippen LogP contribution in [0.5, 0.6) is 11.5 Å². The number of benzene rings is 3. The zero-order chi connectivity index (χ0) is 33.2. The van der Waals surface area contributed by atoms with Crippen molar-refractivity contribution in [3.8, 4) is 11.5 Å². The van der Waals surface area contributed by atoms with Crippen LogP contribution in [0.3, 0.4) is 0 Å². The molecule has 10 nitrogen and oxygen atoms in total.